The van der Waals surface area contributed by atoms with E-state index in [0.29, 0.717) is 12.1 Å². The van der Waals surface area contributed by atoms with E-state index in [9.17, 15) is 5.11 Å². The van der Waals surface area contributed by atoms with Crippen molar-refractivity contribution in [2.45, 2.75) is 44.4 Å². The highest BCUT2D eigenvalue weighted by Gasteiger charge is 2.36. The molecule has 2 unspecified atom stereocenters. The molecule has 1 saturated carbocycles. The van der Waals surface area contributed by atoms with Crippen LogP contribution in [0.5, 0.6) is 0 Å². The molecule has 1 aromatic heterocycles. The summed E-state index contributed by atoms with van der Waals surface area (Å²) >= 11 is 0. The van der Waals surface area contributed by atoms with Crippen molar-refractivity contribution < 1.29 is 9.84 Å². The Balaban J connectivity index is 1.57. The number of aliphatic hydroxyl groups excluding tert-OH is 1. The number of aliphatic hydroxyl groups is 1. The van der Waals surface area contributed by atoms with E-state index in [-0.39, 0.29) is 6.61 Å². The molecule has 1 saturated heterocycles. The van der Waals surface area contributed by atoms with E-state index in [4.69, 9.17) is 9.72 Å². The van der Waals surface area contributed by atoms with Crippen molar-refractivity contribution in [1.82, 2.24) is 4.98 Å². The number of hydrogen-bond acceptors (Lipinski definition) is 4. The van der Waals surface area contributed by atoms with Crippen LogP contribution in [0.1, 0.15) is 31.2 Å². The van der Waals surface area contributed by atoms with Crippen LogP contribution >= 0.6 is 0 Å². The number of pyridine rings is 1. The van der Waals surface area contributed by atoms with Crippen molar-refractivity contribution in [3.63, 3.8) is 0 Å². The van der Waals surface area contributed by atoms with Gasteiger partial charge in [-0.2, -0.15) is 0 Å². The molecule has 0 amide bonds. The lowest BCUT2D eigenvalue weighted by molar-refractivity contribution is -0.00224. The van der Waals surface area contributed by atoms with Crippen LogP contribution in [0.2, 0.25) is 0 Å². The topological polar surface area (TPSA) is 54.4 Å². The molecule has 1 aliphatic carbocycles. The maximum atomic E-state index is 9.65. The van der Waals surface area contributed by atoms with Gasteiger partial charge in [-0.25, -0.2) is 4.98 Å². The van der Waals surface area contributed by atoms with Crippen LogP contribution in [-0.4, -0.2) is 28.8 Å². The van der Waals surface area contributed by atoms with Crippen molar-refractivity contribution in [2.75, 3.05) is 11.9 Å². The fourth-order valence-electron chi connectivity index (χ4n) is 3.35. The molecule has 2 heterocycles. The summed E-state index contributed by atoms with van der Waals surface area (Å²) in [5.41, 5.74) is 1.83. The molecule has 2 atom stereocenters. The third kappa shape index (κ3) is 2.81. The van der Waals surface area contributed by atoms with E-state index in [2.05, 4.69) is 5.32 Å². The molecule has 4 nitrogen and oxygen atoms in total. The van der Waals surface area contributed by atoms with Crippen molar-refractivity contribution in [3.8, 4) is 0 Å². The highest BCUT2D eigenvalue weighted by molar-refractivity contribution is 5.81. The minimum absolute atomic E-state index is 0.00937. The standard InChI is InChI=1S/C18H22N2O2/c21-11-14-9-13-3-1-2-4-16(13)20-18(14)19-15-7-8-22-17(10-15)12-5-6-12/h1-4,9,12,15,17,21H,5-8,10-11H2,(H,19,20). The zero-order valence-corrected chi connectivity index (χ0v) is 12.7. The number of ether oxygens (including phenoxy) is 1. The molecule has 0 bridgehead atoms. The van der Waals surface area contributed by atoms with Gasteiger partial charge in [0, 0.05) is 23.6 Å². The third-order valence-corrected chi connectivity index (χ3v) is 4.78. The molecule has 2 aromatic rings. The second kappa shape index (κ2) is 5.86. The second-order valence-electron chi connectivity index (χ2n) is 6.46. The zero-order valence-electron chi connectivity index (χ0n) is 12.7. The lowest BCUT2D eigenvalue weighted by atomic mass is 10.00. The quantitative estimate of drug-likeness (QED) is 0.910. The van der Waals surface area contributed by atoms with Gasteiger partial charge in [-0.15, -0.1) is 0 Å². The largest absolute Gasteiger partial charge is 0.392 e. The van der Waals surface area contributed by atoms with E-state index >= 15 is 0 Å². The molecule has 116 valence electrons. The molecule has 4 rings (SSSR count). The van der Waals surface area contributed by atoms with Gasteiger partial charge in [0.2, 0.25) is 0 Å². The SMILES string of the molecule is OCc1cc2ccccc2nc1NC1CCOC(C2CC2)C1. The predicted octanol–water partition coefficient (Wildman–Crippen LogP) is 3.10. The molecular weight excluding hydrogens is 276 g/mol. The van der Waals surface area contributed by atoms with Gasteiger partial charge in [-0.1, -0.05) is 18.2 Å². The minimum Gasteiger partial charge on any atom is -0.392 e. The Morgan fingerprint density at radius 2 is 2.09 bits per heavy atom. The number of para-hydroxylation sites is 1. The number of rotatable bonds is 4. The first kappa shape index (κ1) is 14.0. The average molecular weight is 298 g/mol. The fraction of sp³-hybridized carbons (Fsp3) is 0.500. The number of nitrogens with zero attached hydrogens (tertiary/aromatic N) is 1. The number of hydrogen-bond donors (Lipinski definition) is 2. The fourth-order valence-corrected chi connectivity index (χ4v) is 3.35. The van der Waals surface area contributed by atoms with E-state index in [0.717, 1.165) is 47.7 Å². The maximum Gasteiger partial charge on any atom is 0.132 e. The summed E-state index contributed by atoms with van der Waals surface area (Å²) in [5.74, 6) is 1.59. The molecule has 1 aliphatic heterocycles. The van der Waals surface area contributed by atoms with Gasteiger partial charge >= 0.3 is 0 Å². The summed E-state index contributed by atoms with van der Waals surface area (Å²) < 4.78 is 5.89. The molecular formula is C18H22N2O2. The molecule has 0 spiro atoms. The Morgan fingerprint density at radius 1 is 1.23 bits per heavy atom. The van der Waals surface area contributed by atoms with Gasteiger partial charge < -0.3 is 15.2 Å². The van der Waals surface area contributed by atoms with Crippen LogP contribution < -0.4 is 5.32 Å². The van der Waals surface area contributed by atoms with Crippen molar-refractivity contribution in [3.05, 3.63) is 35.9 Å². The van der Waals surface area contributed by atoms with Crippen molar-refractivity contribution >= 4 is 16.7 Å². The van der Waals surface area contributed by atoms with Gasteiger partial charge in [0.1, 0.15) is 5.82 Å². The first-order chi connectivity index (χ1) is 10.8. The van der Waals surface area contributed by atoms with Gasteiger partial charge in [0.15, 0.2) is 0 Å². The number of fused-ring (bicyclic) bond motifs is 1. The van der Waals surface area contributed by atoms with Gasteiger partial charge in [0.25, 0.3) is 0 Å². The van der Waals surface area contributed by atoms with Crippen LogP contribution in [0.3, 0.4) is 0 Å². The lowest BCUT2D eigenvalue weighted by Gasteiger charge is -2.31. The highest BCUT2D eigenvalue weighted by Crippen LogP contribution is 2.38. The van der Waals surface area contributed by atoms with Gasteiger partial charge in [-0.3, -0.25) is 0 Å². The molecule has 22 heavy (non-hydrogen) atoms. The van der Waals surface area contributed by atoms with Crippen molar-refractivity contribution in [1.29, 1.82) is 0 Å². The molecule has 2 fully saturated rings. The minimum atomic E-state index is 0.00937. The highest BCUT2D eigenvalue weighted by atomic mass is 16.5. The number of aromatic nitrogens is 1. The maximum absolute atomic E-state index is 9.65. The monoisotopic (exact) mass is 298 g/mol. The van der Waals surface area contributed by atoms with E-state index < -0.39 is 0 Å². The molecule has 1 aromatic carbocycles. The number of benzene rings is 1. The Bertz CT molecular complexity index is 669. The third-order valence-electron chi connectivity index (χ3n) is 4.78. The number of anilines is 1. The Labute approximate surface area is 130 Å². The van der Waals surface area contributed by atoms with Crippen LogP contribution in [-0.2, 0) is 11.3 Å². The van der Waals surface area contributed by atoms with E-state index in [1.807, 2.05) is 30.3 Å². The first-order valence-electron chi connectivity index (χ1n) is 8.21. The summed E-state index contributed by atoms with van der Waals surface area (Å²) in [6.07, 6.45) is 5.08. The molecule has 2 N–H and O–H groups in total. The predicted molar refractivity (Wildman–Crippen MR) is 86.8 cm³/mol. The summed E-state index contributed by atoms with van der Waals surface area (Å²) in [6.45, 7) is 0.830. The van der Waals surface area contributed by atoms with E-state index in [1.165, 1.54) is 12.8 Å². The first-order valence-corrected chi connectivity index (χ1v) is 8.21. The van der Waals surface area contributed by atoms with Gasteiger partial charge in [0.05, 0.1) is 18.2 Å². The summed E-state index contributed by atoms with van der Waals surface area (Å²) in [7, 11) is 0. The zero-order chi connectivity index (χ0) is 14.9. The number of nitrogens with one attached hydrogen (secondary N) is 1. The van der Waals surface area contributed by atoms with Crippen molar-refractivity contribution in [2.24, 2.45) is 5.92 Å². The summed E-state index contributed by atoms with van der Waals surface area (Å²) in [6, 6.07) is 10.5. The summed E-state index contributed by atoms with van der Waals surface area (Å²) in [4.78, 5) is 4.71. The van der Waals surface area contributed by atoms with Crippen LogP contribution in [0.25, 0.3) is 10.9 Å². The normalized spacial score (nSPS) is 25.3. The summed E-state index contributed by atoms with van der Waals surface area (Å²) in [5, 5.41) is 14.3. The van der Waals surface area contributed by atoms with Crippen LogP contribution in [0.15, 0.2) is 30.3 Å². The Morgan fingerprint density at radius 3 is 2.91 bits per heavy atom. The van der Waals surface area contributed by atoms with E-state index in [1.54, 1.807) is 0 Å². The second-order valence-corrected chi connectivity index (χ2v) is 6.46. The van der Waals surface area contributed by atoms with Gasteiger partial charge in [-0.05, 0) is 43.7 Å². The van der Waals surface area contributed by atoms with Crippen LogP contribution in [0, 0.1) is 5.92 Å². The lowest BCUT2D eigenvalue weighted by Crippen LogP contribution is -2.35. The average Bonchev–Trinajstić information content (AvgIpc) is 3.39. The van der Waals surface area contributed by atoms with Crippen LogP contribution in [0.4, 0.5) is 5.82 Å². The Hall–Kier alpha value is -1.65. The Kier molecular flexibility index (Phi) is 3.72. The smallest absolute Gasteiger partial charge is 0.132 e. The molecule has 0 radical (unpaired) electrons. The molecule has 2 aliphatic rings. The molecule has 4 heteroatoms.